The normalized spacial score (nSPS) is 10.8. The SMILES string of the molecule is CN=C/C=C\NOc1ccccc1. The molecule has 13 heavy (non-hydrogen) atoms. The van der Waals surface area contributed by atoms with Crippen LogP contribution in [0.25, 0.3) is 0 Å². The number of rotatable bonds is 4. The van der Waals surface area contributed by atoms with Crippen LogP contribution in [0.3, 0.4) is 0 Å². The van der Waals surface area contributed by atoms with Crippen molar-refractivity contribution >= 4 is 6.21 Å². The zero-order chi connectivity index (χ0) is 9.36. The van der Waals surface area contributed by atoms with Crippen molar-refractivity contribution in [3.05, 3.63) is 42.6 Å². The first-order chi connectivity index (χ1) is 6.43. The van der Waals surface area contributed by atoms with Gasteiger partial charge in [0.05, 0.1) is 0 Å². The maximum absolute atomic E-state index is 5.15. The summed E-state index contributed by atoms with van der Waals surface area (Å²) in [5.41, 5.74) is 2.66. The number of allylic oxidation sites excluding steroid dienone is 1. The van der Waals surface area contributed by atoms with E-state index in [-0.39, 0.29) is 0 Å². The van der Waals surface area contributed by atoms with Crippen LogP contribution >= 0.6 is 0 Å². The third-order valence-corrected chi connectivity index (χ3v) is 1.32. The second-order valence-corrected chi connectivity index (χ2v) is 2.30. The van der Waals surface area contributed by atoms with Gasteiger partial charge in [-0.2, -0.15) is 0 Å². The van der Waals surface area contributed by atoms with E-state index in [1.54, 1.807) is 25.5 Å². The number of hydrogen-bond acceptors (Lipinski definition) is 3. The Morgan fingerprint density at radius 1 is 1.31 bits per heavy atom. The van der Waals surface area contributed by atoms with Crippen molar-refractivity contribution in [3.8, 4) is 5.75 Å². The van der Waals surface area contributed by atoms with Crippen LogP contribution in [0.2, 0.25) is 0 Å². The average Bonchev–Trinajstić information content (AvgIpc) is 2.19. The van der Waals surface area contributed by atoms with Crippen LogP contribution in [0.15, 0.2) is 47.6 Å². The molecule has 0 aliphatic heterocycles. The van der Waals surface area contributed by atoms with Crippen LogP contribution in [0.1, 0.15) is 0 Å². The number of hydroxylamine groups is 1. The Kier molecular flexibility index (Phi) is 4.18. The molecule has 0 saturated heterocycles. The molecule has 0 spiro atoms. The van der Waals surface area contributed by atoms with Crippen molar-refractivity contribution in [2.75, 3.05) is 7.05 Å². The zero-order valence-corrected chi connectivity index (χ0v) is 7.47. The summed E-state index contributed by atoms with van der Waals surface area (Å²) in [6.45, 7) is 0. The molecule has 0 fully saturated rings. The van der Waals surface area contributed by atoms with Crippen molar-refractivity contribution in [2.24, 2.45) is 4.99 Å². The summed E-state index contributed by atoms with van der Waals surface area (Å²) in [6, 6.07) is 9.50. The maximum Gasteiger partial charge on any atom is 0.155 e. The minimum Gasteiger partial charge on any atom is -0.383 e. The highest BCUT2D eigenvalue weighted by Crippen LogP contribution is 2.05. The van der Waals surface area contributed by atoms with Crippen molar-refractivity contribution in [1.29, 1.82) is 0 Å². The van der Waals surface area contributed by atoms with Crippen LogP contribution < -0.4 is 10.3 Å². The van der Waals surface area contributed by atoms with E-state index in [4.69, 9.17) is 4.84 Å². The third-order valence-electron chi connectivity index (χ3n) is 1.32. The van der Waals surface area contributed by atoms with Gasteiger partial charge >= 0.3 is 0 Å². The quantitative estimate of drug-likeness (QED) is 0.560. The number of aliphatic imine (C=N–C) groups is 1. The molecule has 1 N–H and O–H groups in total. The highest BCUT2D eigenvalue weighted by Gasteiger charge is 1.85. The van der Waals surface area contributed by atoms with Gasteiger partial charge in [0.25, 0.3) is 0 Å². The molecule has 0 aromatic heterocycles. The van der Waals surface area contributed by atoms with Crippen LogP contribution in [-0.4, -0.2) is 13.3 Å². The fourth-order valence-corrected chi connectivity index (χ4v) is 0.759. The zero-order valence-electron chi connectivity index (χ0n) is 7.47. The second kappa shape index (κ2) is 5.83. The third kappa shape index (κ3) is 3.96. The minimum absolute atomic E-state index is 0.778. The number of hydrogen-bond donors (Lipinski definition) is 1. The van der Waals surface area contributed by atoms with Gasteiger partial charge in [-0.3, -0.25) is 4.99 Å². The number of nitrogens with zero attached hydrogens (tertiary/aromatic N) is 1. The van der Waals surface area contributed by atoms with Gasteiger partial charge in [0, 0.05) is 19.5 Å². The van der Waals surface area contributed by atoms with Gasteiger partial charge in [-0.05, 0) is 18.2 Å². The van der Waals surface area contributed by atoms with E-state index in [1.165, 1.54) is 0 Å². The van der Waals surface area contributed by atoms with Gasteiger partial charge in [-0.15, -0.1) is 0 Å². The number of benzene rings is 1. The molecule has 68 valence electrons. The maximum atomic E-state index is 5.15. The van der Waals surface area contributed by atoms with Crippen LogP contribution in [0.4, 0.5) is 0 Å². The highest BCUT2D eigenvalue weighted by atomic mass is 16.6. The van der Waals surface area contributed by atoms with E-state index in [0.717, 1.165) is 5.75 Å². The van der Waals surface area contributed by atoms with Gasteiger partial charge in [-0.1, -0.05) is 18.2 Å². The van der Waals surface area contributed by atoms with Crippen molar-refractivity contribution in [3.63, 3.8) is 0 Å². The average molecular weight is 176 g/mol. The molecule has 0 bridgehead atoms. The lowest BCUT2D eigenvalue weighted by Gasteiger charge is -2.01. The summed E-state index contributed by atoms with van der Waals surface area (Å²) in [4.78, 5) is 8.93. The first-order valence-corrected chi connectivity index (χ1v) is 3.98. The Labute approximate surface area is 77.7 Å². The molecule has 1 rings (SSSR count). The summed E-state index contributed by atoms with van der Waals surface area (Å²) >= 11 is 0. The van der Waals surface area contributed by atoms with Crippen molar-refractivity contribution in [2.45, 2.75) is 0 Å². The second-order valence-electron chi connectivity index (χ2n) is 2.30. The largest absolute Gasteiger partial charge is 0.383 e. The molecule has 0 saturated carbocycles. The van der Waals surface area contributed by atoms with Crippen molar-refractivity contribution in [1.82, 2.24) is 5.48 Å². The smallest absolute Gasteiger partial charge is 0.155 e. The van der Waals surface area contributed by atoms with Crippen LogP contribution in [0.5, 0.6) is 5.75 Å². The molecule has 0 heterocycles. The Morgan fingerprint density at radius 2 is 2.08 bits per heavy atom. The van der Waals surface area contributed by atoms with Gasteiger partial charge in [0.2, 0.25) is 0 Å². The molecule has 1 aromatic rings. The van der Waals surface area contributed by atoms with E-state index in [0.29, 0.717) is 0 Å². The van der Waals surface area contributed by atoms with Crippen LogP contribution in [-0.2, 0) is 0 Å². The molecule has 0 atom stereocenters. The molecule has 3 heteroatoms. The standard InChI is InChI=1S/C10H12N2O/c1-11-8-5-9-12-13-10-6-3-2-4-7-10/h2-9,12H,1H3/b9-5-,11-8?. The van der Waals surface area contributed by atoms with Gasteiger partial charge in [0.15, 0.2) is 5.75 Å². The summed E-state index contributed by atoms with van der Waals surface area (Å²) < 4.78 is 0. The summed E-state index contributed by atoms with van der Waals surface area (Å²) in [5.74, 6) is 0.778. The molecule has 3 nitrogen and oxygen atoms in total. The summed E-state index contributed by atoms with van der Waals surface area (Å²) in [6.07, 6.45) is 5.09. The molecular weight excluding hydrogens is 164 g/mol. The molecular formula is C10H12N2O. The topological polar surface area (TPSA) is 33.6 Å². The fourth-order valence-electron chi connectivity index (χ4n) is 0.759. The van der Waals surface area contributed by atoms with Gasteiger partial charge < -0.3 is 4.84 Å². The lowest BCUT2D eigenvalue weighted by Crippen LogP contribution is -2.09. The van der Waals surface area contributed by atoms with Crippen molar-refractivity contribution < 1.29 is 4.84 Å². The summed E-state index contributed by atoms with van der Waals surface area (Å²) in [5, 5.41) is 0. The Morgan fingerprint density at radius 3 is 2.77 bits per heavy atom. The number of nitrogens with one attached hydrogen (secondary N) is 1. The molecule has 1 aromatic carbocycles. The minimum atomic E-state index is 0.778. The monoisotopic (exact) mass is 176 g/mol. The number of para-hydroxylation sites is 1. The Hall–Kier alpha value is -1.77. The molecule has 0 amide bonds. The lowest BCUT2D eigenvalue weighted by atomic mass is 10.3. The predicted octanol–water partition coefficient (Wildman–Crippen LogP) is 1.78. The lowest BCUT2D eigenvalue weighted by molar-refractivity contribution is 0.243. The highest BCUT2D eigenvalue weighted by molar-refractivity contribution is 5.70. The molecule has 0 unspecified atom stereocenters. The van der Waals surface area contributed by atoms with Gasteiger partial charge in [0.1, 0.15) is 0 Å². The molecule has 0 aliphatic rings. The van der Waals surface area contributed by atoms with Gasteiger partial charge in [-0.25, -0.2) is 5.48 Å². The first kappa shape index (κ1) is 9.32. The van der Waals surface area contributed by atoms with E-state index in [2.05, 4.69) is 10.5 Å². The molecule has 0 radical (unpaired) electrons. The van der Waals surface area contributed by atoms with Crippen LogP contribution in [0, 0.1) is 0 Å². The van der Waals surface area contributed by atoms with E-state index >= 15 is 0 Å². The predicted molar refractivity (Wildman–Crippen MR) is 53.8 cm³/mol. The fraction of sp³-hybridized carbons (Fsp3) is 0.100. The summed E-state index contributed by atoms with van der Waals surface area (Å²) in [7, 11) is 1.71. The van der Waals surface area contributed by atoms with E-state index < -0.39 is 0 Å². The molecule has 0 aliphatic carbocycles. The first-order valence-electron chi connectivity index (χ1n) is 3.98. The van der Waals surface area contributed by atoms with E-state index in [9.17, 15) is 0 Å². The van der Waals surface area contributed by atoms with E-state index in [1.807, 2.05) is 30.3 Å². The Balaban J connectivity index is 2.28. The Bertz CT molecular complexity index is 280.